The Hall–Kier alpha value is -0.940. The number of aryl methyl sites for hydroxylation is 1. The standard InChI is InChI=1S/C20H39N7O.HI/c1-5-12-26(13-6-2)14-8-11-22-20(21-7-3)23-17-9-10-19-24-18(16-28-4)25-27(19)15-17;/h17H,5-16H2,1-4H3,(H2,21,22,23);1H. The number of aromatic nitrogens is 3. The normalized spacial score (nSPS) is 16.4. The molecular weight excluding hydrogens is 481 g/mol. The van der Waals surface area contributed by atoms with Gasteiger partial charge in [-0.1, -0.05) is 13.8 Å². The molecule has 0 aromatic carbocycles. The third-order valence-corrected chi connectivity index (χ3v) is 4.84. The van der Waals surface area contributed by atoms with Gasteiger partial charge in [0.2, 0.25) is 0 Å². The van der Waals surface area contributed by atoms with Crippen molar-refractivity contribution in [3.63, 3.8) is 0 Å². The Balaban J connectivity index is 0.00000420. The molecular formula is C20H40IN7O. The topological polar surface area (TPSA) is 79.6 Å². The molecule has 0 bridgehead atoms. The molecule has 0 aliphatic carbocycles. The Morgan fingerprint density at radius 2 is 2.00 bits per heavy atom. The van der Waals surface area contributed by atoms with Crippen LogP contribution in [0.15, 0.2) is 4.99 Å². The molecule has 1 atom stereocenters. The Labute approximate surface area is 193 Å². The van der Waals surface area contributed by atoms with E-state index in [4.69, 9.17) is 9.73 Å². The van der Waals surface area contributed by atoms with Crippen LogP contribution < -0.4 is 10.6 Å². The Kier molecular flexibility index (Phi) is 13.5. The highest BCUT2D eigenvalue weighted by Gasteiger charge is 2.22. The molecule has 0 saturated heterocycles. The molecule has 0 amide bonds. The molecule has 0 spiro atoms. The van der Waals surface area contributed by atoms with Gasteiger partial charge in [0, 0.05) is 32.7 Å². The summed E-state index contributed by atoms with van der Waals surface area (Å²) in [5.41, 5.74) is 0. The Morgan fingerprint density at radius 3 is 2.66 bits per heavy atom. The maximum absolute atomic E-state index is 5.14. The second-order valence-electron chi connectivity index (χ2n) is 7.40. The van der Waals surface area contributed by atoms with E-state index in [1.54, 1.807) is 7.11 Å². The summed E-state index contributed by atoms with van der Waals surface area (Å²) in [5.74, 6) is 2.73. The first-order valence-electron chi connectivity index (χ1n) is 10.9. The van der Waals surface area contributed by atoms with Crippen molar-refractivity contribution in [3.8, 4) is 0 Å². The van der Waals surface area contributed by atoms with Crippen LogP contribution in [-0.2, 0) is 24.3 Å². The summed E-state index contributed by atoms with van der Waals surface area (Å²) in [6, 6.07) is 0.319. The van der Waals surface area contributed by atoms with Crippen molar-refractivity contribution < 1.29 is 4.74 Å². The maximum Gasteiger partial charge on any atom is 0.191 e. The Morgan fingerprint density at radius 1 is 1.24 bits per heavy atom. The van der Waals surface area contributed by atoms with Crippen molar-refractivity contribution in [2.45, 2.75) is 72.1 Å². The molecule has 1 aromatic rings. The first-order valence-corrected chi connectivity index (χ1v) is 10.9. The molecule has 8 nitrogen and oxygen atoms in total. The van der Waals surface area contributed by atoms with Crippen LogP contribution in [0.1, 0.15) is 58.1 Å². The number of hydrogen-bond acceptors (Lipinski definition) is 5. The van der Waals surface area contributed by atoms with Gasteiger partial charge in [0.05, 0.1) is 6.54 Å². The highest BCUT2D eigenvalue weighted by Crippen LogP contribution is 2.13. The van der Waals surface area contributed by atoms with Crippen LogP contribution in [0.4, 0.5) is 0 Å². The van der Waals surface area contributed by atoms with E-state index in [0.29, 0.717) is 12.6 Å². The van der Waals surface area contributed by atoms with Gasteiger partial charge in [-0.25, -0.2) is 9.67 Å². The summed E-state index contributed by atoms with van der Waals surface area (Å²) in [6.07, 6.45) is 5.49. The molecule has 2 N–H and O–H groups in total. The minimum Gasteiger partial charge on any atom is -0.377 e. The van der Waals surface area contributed by atoms with Crippen molar-refractivity contribution in [1.29, 1.82) is 0 Å². The van der Waals surface area contributed by atoms with Gasteiger partial charge in [0.15, 0.2) is 11.8 Å². The largest absolute Gasteiger partial charge is 0.377 e. The number of ether oxygens (including phenoxy) is 1. The van der Waals surface area contributed by atoms with Gasteiger partial charge in [-0.3, -0.25) is 4.99 Å². The zero-order chi connectivity index (χ0) is 20.2. The average molecular weight is 521 g/mol. The lowest BCUT2D eigenvalue weighted by atomic mass is 10.1. The highest BCUT2D eigenvalue weighted by molar-refractivity contribution is 14.0. The van der Waals surface area contributed by atoms with Crippen molar-refractivity contribution in [2.75, 3.05) is 39.8 Å². The number of guanidine groups is 1. The van der Waals surface area contributed by atoms with Crippen molar-refractivity contribution >= 4 is 29.9 Å². The van der Waals surface area contributed by atoms with E-state index < -0.39 is 0 Å². The summed E-state index contributed by atoms with van der Waals surface area (Å²) in [7, 11) is 1.67. The second-order valence-corrected chi connectivity index (χ2v) is 7.40. The molecule has 29 heavy (non-hydrogen) atoms. The quantitative estimate of drug-likeness (QED) is 0.191. The first-order chi connectivity index (χ1) is 13.7. The van der Waals surface area contributed by atoms with Gasteiger partial charge < -0.3 is 20.3 Å². The first kappa shape index (κ1) is 26.1. The number of fused-ring (bicyclic) bond motifs is 1. The van der Waals surface area contributed by atoms with Gasteiger partial charge in [0.25, 0.3) is 0 Å². The van der Waals surface area contributed by atoms with Crippen LogP contribution in [-0.4, -0.2) is 71.5 Å². The average Bonchev–Trinajstić information content (AvgIpc) is 3.07. The smallest absolute Gasteiger partial charge is 0.191 e. The zero-order valence-electron chi connectivity index (χ0n) is 18.6. The monoisotopic (exact) mass is 521 g/mol. The van der Waals surface area contributed by atoms with Gasteiger partial charge in [-0.05, 0) is 52.2 Å². The molecule has 2 rings (SSSR count). The Bertz CT molecular complexity index is 587. The van der Waals surface area contributed by atoms with Crippen LogP contribution in [0, 0.1) is 0 Å². The molecule has 1 unspecified atom stereocenters. The molecule has 2 heterocycles. The van der Waals surface area contributed by atoms with Crippen molar-refractivity contribution in [2.24, 2.45) is 4.99 Å². The molecule has 1 aliphatic rings. The molecule has 0 fully saturated rings. The SMILES string of the molecule is CCCN(CCC)CCCN=C(NCC)NC1CCc2nc(COC)nn2C1.I. The van der Waals surface area contributed by atoms with Crippen LogP contribution in [0.3, 0.4) is 0 Å². The fourth-order valence-electron chi connectivity index (χ4n) is 3.64. The summed E-state index contributed by atoms with van der Waals surface area (Å²) < 4.78 is 7.15. The number of methoxy groups -OCH3 is 1. The maximum atomic E-state index is 5.14. The van der Waals surface area contributed by atoms with E-state index in [2.05, 4.69) is 46.4 Å². The van der Waals surface area contributed by atoms with E-state index in [-0.39, 0.29) is 24.0 Å². The van der Waals surface area contributed by atoms with Crippen LogP contribution in [0.2, 0.25) is 0 Å². The number of nitrogens with one attached hydrogen (secondary N) is 2. The summed E-state index contributed by atoms with van der Waals surface area (Å²) in [5, 5.41) is 11.5. The third-order valence-electron chi connectivity index (χ3n) is 4.84. The summed E-state index contributed by atoms with van der Waals surface area (Å²) in [6.45, 7) is 13.1. The van der Waals surface area contributed by atoms with Crippen LogP contribution in [0.25, 0.3) is 0 Å². The van der Waals surface area contributed by atoms with Crippen molar-refractivity contribution in [3.05, 3.63) is 11.6 Å². The highest BCUT2D eigenvalue weighted by atomic mass is 127. The number of halogens is 1. The number of rotatable bonds is 12. The van der Waals surface area contributed by atoms with Gasteiger partial charge in [-0.15, -0.1) is 24.0 Å². The van der Waals surface area contributed by atoms with Gasteiger partial charge in [-0.2, -0.15) is 5.10 Å². The van der Waals surface area contributed by atoms with Crippen molar-refractivity contribution in [1.82, 2.24) is 30.3 Å². The fourth-order valence-corrected chi connectivity index (χ4v) is 3.64. The van der Waals surface area contributed by atoms with Gasteiger partial charge >= 0.3 is 0 Å². The molecule has 0 saturated carbocycles. The van der Waals surface area contributed by atoms with E-state index in [0.717, 1.165) is 63.0 Å². The second kappa shape index (κ2) is 15.0. The predicted octanol–water partition coefficient (Wildman–Crippen LogP) is 2.42. The van der Waals surface area contributed by atoms with E-state index in [1.165, 1.54) is 25.9 Å². The predicted molar refractivity (Wildman–Crippen MR) is 129 cm³/mol. The minimum atomic E-state index is 0. The minimum absolute atomic E-state index is 0. The summed E-state index contributed by atoms with van der Waals surface area (Å²) >= 11 is 0. The number of aliphatic imine (C=N–C) groups is 1. The van der Waals surface area contributed by atoms with Crippen LogP contribution in [0.5, 0.6) is 0 Å². The van der Waals surface area contributed by atoms with Crippen LogP contribution >= 0.6 is 24.0 Å². The van der Waals surface area contributed by atoms with E-state index in [1.807, 2.05) is 4.68 Å². The fraction of sp³-hybridized carbons (Fsp3) is 0.850. The molecule has 9 heteroatoms. The molecule has 1 aromatic heterocycles. The van der Waals surface area contributed by atoms with E-state index >= 15 is 0 Å². The molecule has 0 radical (unpaired) electrons. The lowest BCUT2D eigenvalue weighted by Crippen LogP contribution is -2.47. The lowest BCUT2D eigenvalue weighted by Gasteiger charge is -2.25. The van der Waals surface area contributed by atoms with Gasteiger partial charge in [0.1, 0.15) is 12.4 Å². The summed E-state index contributed by atoms with van der Waals surface area (Å²) in [4.78, 5) is 11.9. The molecule has 168 valence electrons. The lowest BCUT2D eigenvalue weighted by molar-refractivity contribution is 0.177. The number of hydrogen-bond donors (Lipinski definition) is 2. The van der Waals surface area contributed by atoms with E-state index in [9.17, 15) is 0 Å². The number of nitrogens with zero attached hydrogens (tertiary/aromatic N) is 5. The third kappa shape index (κ3) is 9.17. The zero-order valence-corrected chi connectivity index (χ0v) is 20.9. The molecule has 1 aliphatic heterocycles.